The van der Waals surface area contributed by atoms with E-state index < -0.39 is 23.2 Å². The van der Waals surface area contributed by atoms with Crippen molar-refractivity contribution >= 4 is 0 Å². The minimum atomic E-state index is -1.24. The lowest BCUT2D eigenvalue weighted by atomic mass is 9.83. The molecule has 0 aliphatic carbocycles. The number of hydrogen-bond donors (Lipinski definition) is 0. The van der Waals surface area contributed by atoms with Crippen LogP contribution in [0.2, 0.25) is 0 Å². The second kappa shape index (κ2) is 19.1. The minimum Gasteiger partial charge on any atom is -0.491 e. The molecule has 222 valence electrons. The summed E-state index contributed by atoms with van der Waals surface area (Å²) in [4.78, 5) is 0. The Morgan fingerprint density at radius 2 is 1.27 bits per heavy atom. The predicted octanol–water partition coefficient (Wildman–Crippen LogP) is 11.9. The molecule has 0 aliphatic rings. The Bertz CT molecular complexity index is 1050. The largest absolute Gasteiger partial charge is 0.491 e. The molecule has 0 saturated carbocycles. The van der Waals surface area contributed by atoms with Gasteiger partial charge in [0.1, 0.15) is 5.83 Å². The van der Waals surface area contributed by atoms with E-state index in [1.807, 2.05) is 26.0 Å². The van der Waals surface area contributed by atoms with Crippen LogP contribution < -0.4 is 0 Å². The van der Waals surface area contributed by atoms with E-state index in [1.54, 1.807) is 0 Å². The van der Waals surface area contributed by atoms with Gasteiger partial charge < -0.3 is 4.74 Å². The van der Waals surface area contributed by atoms with Crippen LogP contribution in [0.5, 0.6) is 0 Å². The molecule has 3 atom stereocenters. The van der Waals surface area contributed by atoms with Crippen molar-refractivity contribution < 1.29 is 17.9 Å². The normalized spacial score (nSPS) is 15.1. The highest BCUT2D eigenvalue weighted by molar-refractivity contribution is 5.52. The summed E-state index contributed by atoms with van der Waals surface area (Å²) in [5.41, 5.74) is 0.998. The van der Waals surface area contributed by atoms with Crippen molar-refractivity contribution in [3.05, 3.63) is 121 Å². The summed E-state index contributed by atoms with van der Waals surface area (Å²) in [5, 5.41) is 0. The van der Waals surface area contributed by atoms with Crippen molar-refractivity contribution in [2.45, 2.75) is 73.6 Å². The van der Waals surface area contributed by atoms with Crippen molar-refractivity contribution in [3.63, 3.8) is 0 Å². The summed E-state index contributed by atoms with van der Waals surface area (Å²) >= 11 is 0. The highest BCUT2D eigenvalue weighted by atomic mass is 19.2. The topological polar surface area (TPSA) is 9.23 Å². The lowest BCUT2D eigenvalue weighted by molar-refractivity contribution is 0.213. The third-order valence-electron chi connectivity index (χ3n) is 7.21. The molecule has 3 unspecified atom stereocenters. The first-order chi connectivity index (χ1) is 18.6. The van der Waals surface area contributed by atoms with E-state index in [0.717, 1.165) is 12.8 Å². The van der Waals surface area contributed by atoms with Gasteiger partial charge in [0, 0.05) is 5.57 Å². The third-order valence-corrected chi connectivity index (χ3v) is 7.21. The summed E-state index contributed by atoms with van der Waals surface area (Å²) in [6, 6.07) is 0. The van der Waals surface area contributed by atoms with Gasteiger partial charge >= 0.3 is 0 Å². The van der Waals surface area contributed by atoms with Crippen molar-refractivity contribution in [1.29, 1.82) is 0 Å². The van der Waals surface area contributed by atoms with E-state index in [2.05, 4.69) is 67.2 Å². The fourth-order valence-electron chi connectivity index (χ4n) is 3.71. The number of allylic oxidation sites excluding steroid dienone is 12. The maximum atomic E-state index is 15.0. The molecule has 0 fully saturated rings. The van der Waals surface area contributed by atoms with Crippen molar-refractivity contribution in [3.8, 4) is 0 Å². The molecule has 0 spiro atoms. The van der Waals surface area contributed by atoms with Crippen molar-refractivity contribution in [1.82, 2.24) is 0 Å². The van der Waals surface area contributed by atoms with Gasteiger partial charge in [0.2, 0.25) is 5.83 Å². The van der Waals surface area contributed by atoms with Crippen LogP contribution in [0.15, 0.2) is 121 Å². The average molecular weight is 557 g/mol. The summed E-state index contributed by atoms with van der Waals surface area (Å²) in [7, 11) is 0. The molecule has 0 bridgehead atoms. The molecule has 0 saturated heterocycles. The number of ether oxygens (including phenoxy) is 1. The molecule has 0 radical (unpaired) electrons. The quantitative estimate of drug-likeness (QED) is 0.0627. The van der Waals surface area contributed by atoms with E-state index in [9.17, 15) is 13.2 Å². The zero-order chi connectivity index (χ0) is 31.0. The molecule has 0 amide bonds. The SMILES string of the molecule is C=C(/C=C\C(=C)C(=C)/C(F)=C(/F)C(=C)OCC/C=C\C)C(=C)/C=C(/F)C(=C)C(C)CCC(C)C(C)CCC(C)C. The van der Waals surface area contributed by atoms with Crippen molar-refractivity contribution in [2.24, 2.45) is 23.7 Å². The van der Waals surface area contributed by atoms with Crippen molar-refractivity contribution in [2.75, 3.05) is 6.61 Å². The molecule has 4 heteroatoms. The van der Waals surface area contributed by atoms with Gasteiger partial charge in [-0.25, -0.2) is 8.78 Å². The van der Waals surface area contributed by atoms with E-state index in [1.165, 1.54) is 31.1 Å². The number of rotatable bonds is 20. The van der Waals surface area contributed by atoms with Crippen LogP contribution in [0, 0.1) is 23.7 Å². The minimum absolute atomic E-state index is 0.0118. The van der Waals surface area contributed by atoms with Gasteiger partial charge in [-0.2, -0.15) is 4.39 Å². The zero-order valence-corrected chi connectivity index (χ0v) is 25.7. The Kier molecular flexibility index (Phi) is 17.7. The maximum Gasteiger partial charge on any atom is 0.200 e. The summed E-state index contributed by atoms with van der Waals surface area (Å²) in [5.74, 6) is -1.43. The fourth-order valence-corrected chi connectivity index (χ4v) is 3.71. The van der Waals surface area contributed by atoms with Crippen LogP contribution in [0.25, 0.3) is 0 Å². The number of hydrogen-bond acceptors (Lipinski definition) is 1. The lowest BCUT2D eigenvalue weighted by Gasteiger charge is -2.23. The molecular weight excluding hydrogens is 505 g/mol. The first-order valence-electron chi connectivity index (χ1n) is 14.1. The molecule has 1 nitrogen and oxygen atoms in total. The molecular formula is C36H51F3O. The smallest absolute Gasteiger partial charge is 0.200 e. The van der Waals surface area contributed by atoms with Crippen LogP contribution in [0.4, 0.5) is 13.2 Å². The Morgan fingerprint density at radius 3 is 1.82 bits per heavy atom. The Morgan fingerprint density at radius 1 is 0.725 bits per heavy atom. The highest BCUT2D eigenvalue weighted by Gasteiger charge is 2.18. The maximum absolute atomic E-state index is 15.0. The van der Waals surface area contributed by atoms with Gasteiger partial charge in [-0.1, -0.05) is 111 Å². The molecule has 0 rings (SSSR count). The second-order valence-electron chi connectivity index (χ2n) is 11.1. The fraction of sp³-hybridized carbons (Fsp3) is 0.444. The average Bonchev–Trinajstić information content (AvgIpc) is 2.92. The summed E-state index contributed by atoms with van der Waals surface area (Å²) in [6.07, 6.45) is 12.7. The Labute approximate surface area is 242 Å². The van der Waals surface area contributed by atoms with Gasteiger partial charge in [0.25, 0.3) is 0 Å². The zero-order valence-electron chi connectivity index (χ0n) is 25.7. The van der Waals surface area contributed by atoms with Gasteiger partial charge in [-0.15, -0.1) is 0 Å². The third kappa shape index (κ3) is 13.9. The first-order valence-corrected chi connectivity index (χ1v) is 14.1. The van der Waals surface area contributed by atoms with Crippen LogP contribution in [0.1, 0.15) is 73.6 Å². The molecule has 0 aliphatic heterocycles. The van der Waals surface area contributed by atoms with Crippen LogP contribution >= 0.6 is 0 Å². The van der Waals surface area contributed by atoms with E-state index >= 15 is 0 Å². The monoisotopic (exact) mass is 556 g/mol. The van der Waals surface area contributed by atoms with E-state index in [-0.39, 0.29) is 23.7 Å². The molecule has 0 heterocycles. The summed E-state index contributed by atoms with van der Waals surface area (Å²) < 4.78 is 49.0. The molecule has 0 aromatic heterocycles. The molecule has 40 heavy (non-hydrogen) atoms. The van der Waals surface area contributed by atoms with Gasteiger partial charge in [-0.05, 0) is 78.2 Å². The van der Waals surface area contributed by atoms with E-state index in [4.69, 9.17) is 4.74 Å². The van der Waals surface area contributed by atoms with Crippen LogP contribution in [0.3, 0.4) is 0 Å². The van der Waals surface area contributed by atoms with Crippen LogP contribution in [-0.2, 0) is 4.74 Å². The Balaban J connectivity index is 5.05. The van der Waals surface area contributed by atoms with Crippen LogP contribution in [-0.4, -0.2) is 6.61 Å². The second-order valence-corrected chi connectivity index (χ2v) is 11.1. The van der Waals surface area contributed by atoms with Gasteiger partial charge in [-0.3, -0.25) is 0 Å². The predicted molar refractivity (Wildman–Crippen MR) is 169 cm³/mol. The Hall–Kier alpha value is -3.01. The highest BCUT2D eigenvalue weighted by Crippen LogP contribution is 2.31. The molecule has 0 aromatic carbocycles. The standard InChI is InChI=1S/C36H51F3O/c1-13-14-15-22-40-33(12)36(39)35(38)32(11)29(8)21-19-27(6)30(9)23-34(37)31(10)28(7)20-18-26(5)25(4)17-16-24(2)3/h13-14,19,21,23-26,28H,6,8-12,15-18,20,22H2,1-5,7H3/b14-13-,21-19-,34-23+,36-35-. The number of halogens is 3. The molecule has 0 aromatic rings. The van der Waals surface area contributed by atoms with E-state index in [0.29, 0.717) is 40.9 Å². The summed E-state index contributed by atoms with van der Waals surface area (Å²) in [6.45, 7) is 35.5. The van der Waals surface area contributed by atoms with Gasteiger partial charge in [0.05, 0.1) is 6.61 Å². The first kappa shape index (κ1) is 37.0. The lowest BCUT2D eigenvalue weighted by Crippen LogP contribution is -2.11. The van der Waals surface area contributed by atoms with Gasteiger partial charge in [0.15, 0.2) is 11.6 Å². The molecule has 0 N–H and O–H groups in total.